The Hall–Kier alpha value is -2.73. The molecular weight excluding hydrogens is 457 g/mol. The van der Waals surface area contributed by atoms with Crippen LogP contribution >= 0.6 is 0 Å². The molecule has 3 aromatic rings. The highest BCUT2D eigenvalue weighted by atomic mass is 32.2. The van der Waals surface area contributed by atoms with E-state index in [1.165, 1.54) is 0 Å². The normalized spacial score (nSPS) is 17.7. The summed E-state index contributed by atoms with van der Waals surface area (Å²) in [6.07, 6.45) is 1.15. The summed E-state index contributed by atoms with van der Waals surface area (Å²) < 4.78 is 62.3. The minimum atomic E-state index is -4.30. The lowest BCUT2D eigenvalue weighted by molar-refractivity contribution is -0.182. The fraction of sp³-hybridized carbons (Fsp3) is 0.476. The highest BCUT2D eigenvalue weighted by Gasteiger charge is 2.44. The van der Waals surface area contributed by atoms with Crippen LogP contribution in [0.25, 0.3) is 22.4 Å². The Morgan fingerprint density at radius 2 is 2.03 bits per heavy atom. The van der Waals surface area contributed by atoms with Gasteiger partial charge in [-0.1, -0.05) is 13.8 Å². The van der Waals surface area contributed by atoms with Gasteiger partial charge >= 0.3 is 6.18 Å². The first kappa shape index (κ1) is 24.9. The van der Waals surface area contributed by atoms with E-state index < -0.39 is 28.7 Å². The van der Waals surface area contributed by atoms with Crippen LogP contribution in [-0.2, 0) is 10.0 Å². The number of hydrogen-bond acceptors (Lipinski definition) is 6. The lowest BCUT2D eigenvalue weighted by atomic mass is 9.99. The van der Waals surface area contributed by atoms with Gasteiger partial charge in [-0.15, -0.1) is 0 Å². The fourth-order valence-electron chi connectivity index (χ4n) is 3.58. The largest absolute Gasteiger partial charge is 0.393 e. The van der Waals surface area contributed by atoms with Crippen LogP contribution in [0.4, 0.5) is 19.0 Å². The Labute approximate surface area is 190 Å². The zero-order valence-corrected chi connectivity index (χ0v) is 19.2. The van der Waals surface area contributed by atoms with Crippen LogP contribution in [0.15, 0.2) is 36.8 Å². The third-order valence-corrected chi connectivity index (χ3v) is 7.37. The van der Waals surface area contributed by atoms with Crippen molar-refractivity contribution in [2.24, 2.45) is 11.8 Å². The second kappa shape index (κ2) is 10.0. The average Bonchev–Trinajstić information content (AvgIpc) is 3.21. The average molecular weight is 485 g/mol. The molecule has 33 heavy (non-hydrogen) atoms. The number of nitrogen functional groups attached to an aromatic ring is 1. The number of nitrogens with one attached hydrogen (secondary N) is 1. The van der Waals surface area contributed by atoms with Gasteiger partial charge in [0.2, 0.25) is 10.0 Å². The lowest BCUT2D eigenvalue weighted by Crippen LogP contribution is -2.45. The molecule has 0 aliphatic carbocycles. The Bertz CT molecular complexity index is 1180. The van der Waals surface area contributed by atoms with Gasteiger partial charge in [-0.2, -0.15) is 13.2 Å². The van der Waals surface area contributed by atoms with Crippen LogP contribution in [0, 0.1) is 11.8 Å². The Morgan fingerprint density at radius 3 is 2.70 bits per heavy atom. The van der Waals surface area contributed by atoms with Crippen LogP contribution in [0.1, 0.15) is 26.7 Å². The number of sulfonamides is 1. The van der Waals surface area contributed by atoms with Crippen molar-refractivity contribution in [2.75, 3.05) is 24.6 Å². The summed E-state index contributed by atoms with van der Waals surface area (Å²) in [4.78, 5) is 15.7. The first-order valence-electron chi connectivity index (χ1n) is 10.5. The van der Waals surface area contributed by atoms with Crippen molar-refractivity contribution in [3.63, 3.8) is 0 Å². The summed E-state index contributed by atoms with van der Waals surface area (Å²) in [6.45, 7) is 3.27. The molecule has 1 unspecified atom stereocenters. The number of halogens is 3. The molecule has 0 amide bonds. The van der Waals surface area contributed by atoms with Crippen molar-refractivity contribution in [3.05, 3.63) is 36.8 Å². The van der Waals surface area contributed by atoms with Gasteiger partial charge < -0.3 is 10.7 Å². The summed E-state index contributed by atoms with van der Waals surface area (Å²) in [5.74, 6) is -1.21. The SMILES string of the molecule is CC(C)CS(=O)(=O)N1CCCC(C(F)(F)F)C1.Nc1ncccc1-c1cnc2[nH]ccc2n1. The van der Waals surface area contributed by atoms with E-state index in [-0.39, 0.29) is 31.1 Å². The number of fused-ring (bicyclic) bond motifs is 1. The van der Waals surface area contributed by atoms with Crippen molar-refractivity contribution >= 4 is 27.0 Å². The van der Waals surface area contributed by atoms with E-state index in [2.05, 4.69) is 19.9 Å². The van der Waals surface area contributed by atoms with E-state index in [1.807, 2.05) is 18.2 Å². The minimum absolute atomic E-state index is 0.0250. The van der Waals surface area contributed by atoms with E-state index in [4.69, 9.17) is 5.73 Å². The van der Waals surface area contributed by atoms with Crippen LogP contribution in [0.2, 0.25) is 0 Å². The van der Waals surface area contributed by atoms with Gasteiger partial charge in [-0.25, -0.2) is 27.7 Å². The second-order valence-electron chi connectivity index (χ2n) is 8.31. The fourth-order valence-corrected chi connectivity index (χ4v) is 5.45. The molecular formula is C21H27F3N6O2S. The summed E-state index contributed by atoms with van der Waals surface area (Å²) >= 11 is 0. The predicted molar refractivity (Wildman–Crippen MR) is 121 cm³/mol. The molecule has 1 aliphatic rings. The van der Waals surface area contributed by atoms with Gasteiger partial charge in [0, 0.05) is 31.0 Å². The maximum atomic E-state index is 12.5. The molecule has 1 saturated heterocycles. The Morgan fingerprint density at radius 1 is 1.27 bits per heavy atom. The number of rotatable bonds is 4. The molecule has 0 aromatic carbocycles. The molecule has 0 saturated carbocycles. The number of nitrogens with two attached hydrogens (primary N) is 1. The first-order valence-corrected chi connectivity index (χ1v) is 12.1. The van der Waals surface area contributed by atoms with Gasteiger partial charge in [0.15, 0.2) is 5.65 Å². The molecule has 8 nitrogen and oxygen atoms in total. The Balaban J connectivity index is 0.000000186. The van der Waals surface area contributed by atoms with Crippen LogP contribution in [0.3, 0.4) is 0 Å². The molecule has 3 aromatic heterocycles. The van der Waals surface area contributed by atoms with Gasteiger partial charge in [0.1, 0.15) is 11.3 Å². The molecule has 4 heterocycles. The third-order valence-electron chi connectivity index (χ3n) is 5.16. The van der Waals surface area contributed by atoms with E-state index in [0.29, 0.717) is 5.82 Å². The summed E-state index contributed by atoms with van der Waals surface area (Å²) in [5.41, 5.74) is 8.91. The molecule has 0 radical (unpaired) electrons. The van der Waals surface area contributed by atoms with Crippen molar-refractivity contribution < 1.29 is 21.6 Å². The number of hydrogen-bond donors (Lipinski definition) is 2. The van der Waals surface area contributed by atoms with Gasteiger partial charge in [-0.05, 0) is 37.0 Å². The maximum absolute atomic E-state index is 12.5. The number of aromatic nitrogens is 4. The highest BCUT2D eigenvalue weighted by Crippen LogP contribution is 2.34. The first-order chi connectivity index (χ1) is 15.5. The molecule has 0 spiro atoms. The summed E-state index contributed by atoms with van der Waals surface area (Å²) in [6, 6.07) is 5.58. The lowest BCUT2D eigenvalue weighted by Gasteiger charge is -2.33. The molecule has 180 valence electrons. The molecule has 0 bridgehead atoms. The van der Waals surface area contributed by atoms with Crippen molar-refractivity contribution in [1.29, 1.82) is 0 Å². The van der Waals surface area contributed by atoms with Crippen molar-refractivity contribution in [1.82, 2.24) is 24.2 Å². The van der Waals surface area contributed by atoms with E-state index in [9.17, 15) is 21.6 Å². The van der Waals surface area contributed by atoms with Crippen LogP contribution in [-0.4, -0.2) is 57.7 Å². The van der Waals surface area contributed by atoms with Crippen molar-refractivity contribution in [3.8, 4) is 11.3 Å². The zero-order chi connectivity index (χ0) is 24.2. The quantitative estimate of drug-likeness (QED) is 0.581. The number of pyridine rings is 1. The highest BCUT2D eigenvalue weighted by molar-refractivity contribution is 7.89. The topological polar surface area (TPSA) is 118 Å². The molecule has 12 heteroatoms. The minimum Gasteiger partial charge on any atom is -0.383 e. The number of H-pyrrole nitrogens is 1. The monoisotopic (exact) mass is 484 g/mol. The number of nitrogens with zero attached hydrogens (tertiary/aromatic N) is 4. The van der Waals surface area contributed by atoms with Crippen LogP contribution in [0.5, 0.6) is 0 Å². The van der Waals surface area contributed by atoms with Gasteiger partial charge in [0.05, 0.1) is 23.6 Å². The summed E-state index contributed by atoms with van der Waals surface area (Å²) in [7, 11) is -3.54. The van der Waals surface area contributed by atoms with E-state index in [0.717, 1.165) is 26.7 Å². The molecule has 4 rings (SSSR count). The second-order valence-corrected chi connectivity index (χ2v) is 10.3. The smallest absolute Gasteiger partial charge is 0.383 e. The van der Waals surface area contributed by atoms with E-state index >= 15 is 0 Å². The number of alkyl halides is 3. The zero-order valence-electron chi connectivity index (χ0n) is 18.4. The molecule has 1 atom stereocenters. The third kappa shape index (κ3) is 6.41. The number of anilines is 1. The molecule has 1 aliphatic heterocycles. The summed E-state index contributed by atoms with van der Waals surface area (Å²) in [5, 5.41) is 0. The number of aromatic amines is 1. The maximum Gasteiger partial charge on any atom is 0.393 e. The van der Waals surface area contributed by atoms with Crippen molar-refractivity contribution in [2.45, 2.75) is 32.9 Å². The van der Waals surface area contributed by atoms with Gasteiger partial charge in [-0.3, -0.25) is 0 Å². The molecule has 3 N–H and O–H groups in total. The van der Waals surface area contributed by atoms with E-state index in [1.54, 1.807) is 32.4 Å². The van der Waals surface area contributed by atoms with Crippen LogP contribution < -0.4 is 5.73 Å². The van der Waals surface area contributed by atoms with Gasteiger partial charge in [0.25, 0.3) is 0 Å². The predicted octanol–water partition coefficient (Wildman–Crippen LogP) is 3.85. The standard InChI is InChI=1S/C11H9N5.C10H18F3NO2S/c12-10-7(2-1-4-13-10)9-6-15-11-8(16-9)3-5-14-11;1-8(2)7-17(15,16)14-5-3-4-9(6-14)10(11,12)13/h1-6H,(H2,12,13)(H,14,15);8-9H,3-7H2,1-2H3. The molecule has 1 fully saturated rings. The Kier molecular flexibility index (Phi) is 7.58. The number of piperidine rings is 1.